The van der Waals surface area contributed by atoms with Gasteiger partial charge in [0.25, 0.3) is 0 Å². The summed E-state index contributed by atoms with van der Waals surface area (Å²) in [5.74, 6) is -3.26. The fourth-order valence-electron chi connectivity index (χ4n) is 8.84. The number of carboxylic acids is 1. The highest BCUT2D eigenvalue weighted by Gasteiger charge is 2.50. The average molecular weight is 1160 g/mol. The second-order valence-electron chi connectivity index (χ2n) is 21.3. The summed E-state index contributed by atoms with van der Waals surface area (Å²) in [5, 5.41) is 31.6. The average Bonchev–Trinajstić information content (AvgIpc) is 3.59. The minimum atomic E-state index is -1.93. The molecule has 6 unspecified atom stereocenters. The van der Waals surface area contributed by atoms with Crippen LogP contribution in [0.1, 0.15) is 239 Å². The van der Waals surface area contributed by atoms with Crippen molar-refractivity contribution in [1.29, 1.82) is 0 Å². The standard InChI is InChI=1S/C71H112O12/c1-4-7-10-13-16-19-22-25-28-31-32-35-36-39-42-45-48-51-54-57-63(72)79-60-62(81-64(73)58-55-52-49-46-43-40-37-33-29-26-23-20-17-14-11-8-5-2)61-80-71-69(67(76)66(75)68(83-71)70(77)78)82-65(74)59-56-53-50-47-44-41-38-34-30-27-24-21-18-15-12-9-6-3/h7-8,10-11,16-17,19-20,25-30,32,35,37,39-40,42,46,49,62,66-69,71,75-76H,4-6,9,12-15,18,21-24,31,33-34,36,38,41,43-45,47-48,50-61H2,1-3H3,(H,77,78)/b10-7-,11-8-,19-16-,20-17-,28-25-,29-26-,30-27-,35-32-,40-37-,42-39-,49-46-. The van der Waals surface area contributed by atoms with Crippen molar-refractivity contribution in [2.75, 3.05) is 13.2 Å². The first-order chi connectivity index (χ1) is 40.6. The van der Waals surface area contributed by atoms with E-state index in [0.717, 1.165) is 135 Å². The lowest BCUT2D eigenvalue weighted by Crippen LogP contribution is -2.61. The fourth-order valence-corrected chi connectivity index (χ4v) is 8.84. The number of allylic oxidation sites excluding steroid dienone is 22. The van der Waals surface area contributed by atoms with Crippen LogP contribution in [-0.4, -0.2) is 89.2 Å². The van der Waals surface area contributed by atoms with Crippen LogP contribution in [0.3, 0.4) is 0 Å². The normalized spacial score (nSPS) is 18.5. The third-order valence-corrected chi connectivity index (χ3v) is 13.7. The lowest BCUT2D eigenvalue weighted by atomic mass is 9.98. The third-order valence-electron chi connectivity index (χ3n) is 13.7. The van der Waals surface area contributed by atoms with Gasteiger partial charge in [-0.3, -0.25) is 14.4 Å². The van der Waals surface area contributed by atoms with E-state index in [1.165, 1.54) is 38.5 Å². The molecule has 1 saturated heterocycles. The number of aliphatic carboxylic acids is 1. The first-order valence-corrected chi connectivity index (χ1v) is 32.2. The van der Waals surface area contributed by atoms with Gasteiger partial charge in [-0.25, -0.2) is 4.79 Å². The predicted octanol–water partition coefficient (Wildman–Crippen LogP) is 17.3. The predicted molar refractivity (Wildman–Crippen MR) is 340 cm³/mol. The Morgan fingerprint density at radius 1 is 0.410 bits per heavy atom. The quantitative estimate of drug-likeness (QED) is 0.0228. The van der Waals surface area contributed by atoms with Gasteiger partial charge >= 0.3 is 23.9 Å². The van der Waals surface area contributed by atoms with E-state index in [9.17, 15) is 34.5 Å². The molecule has 12 heteroatoms. The summed E-state index contributed by atoms with van der Waals surface area (Å²) in [6, 6.07) is 0. The molecular formula is C71H112O12. The van der Waals surface area contributed by atoms with Gasteiger partial charge in [-0.05, 0) is 128 Å². The van der Waals surface area contributed by atoms with E-state index in [-0.39, 0.29) is 25.9 Å². The smallest absolute Gasteiger partial charge is 0.335 e. The second-order valence-corrected chi connectivity index (χ2v) is 21.3. The van der Waals surface area contributed by atoms with Gasteiger partial charge in [-0.15, -0.1) is 0 Å². The van der Waals surface area contributed by atoms with Crippen molar-refractivity contribution in [2.45, 2.75) is 276 Å². The molecule has 1 heterocycles. The summed E-state index contributed by atoms with van der Waals surface area (Å²) in [6.45, 7) is 5.69. The van der Waals surface area contributed by atoms with Crippen molar-refractivity contribution in [3.63, 3.8) is 0 Å². The van der Waals surface area contributed by atoms with Gasteiger partial charge in [0, 0.05) is 19.3 Å². The van der Waals surface area contributed by atoms with E-state index in [2.05, 4.69) is 142 Å². The van der Waals surface area contributed by atoms with E-state index in [0.29, 0.717) is 25.7 Å². The topological polar surface area (TPSA) is 175 Å². The largest absolute Gasteiger partial charge is 0.479 e. The van der Waals surface area contributed by atoms with E-state index in [1.54, 1.807) is 0 Å². The summed E-state index contributed by atoms with van der Waals surface area (Å²) in [7, 11) is 0. The summed E-state index contributed by atoms with van der Waals surface area (Å²) in [5.41, 5.74) is 0. The third kappa shape index (κ3) is 46.9. The maximum Gasteiger partial charge on any atom is 0.335 e. The Morgan fingerprint density at radius 2 is 0.771 bits per heavy atom. The lowest BCUT2D eigenvalue weighted by Gasteiger charge is -2.40. The van der Waals surface area contributed by atoms with Crippen LogP contribution in [0.15, 0.2) is 134 Å². The molecule has 0 amide bonds. The number of rotatable bonds is 53. The van der Waals surface area contributed by atoms with Gasteiger partial charge in [0.2, 0.25) is 0 Å². The van der Waals surface area contributed by atoms with E-state index >= 15 is 0 Å². The second kappa shape index (κ2) is 57.3. The number of carbonyl (C=O) groups excluding carboxylic acids is 3. The number of ether oxygens (including phenoxy) is 5. The number of esters is 3. The van der Waals surface area contributed by atoms with E-state index in [4.69, 9.17) is 23.7 Å². The van der Waals surface area contributed by atoms with Gasteiger partial charge < -0.3 is 39.0 Å². The molecule has 0 aliphatic carbocycles. The number of aliphatic hydroxyl groups excluding tert-OH is 2. The Bertz CT molecular complexity index is 1950. The van der Waals surface area contributed by atoms with Crippen LogP contribution in [0.4, 0.5) is 0 Å². The molecule has 468 valence electrons. The Labute approximate surface area is 502 Å². The van der Waals surface area contributed by atoms with Crippen LogP contribution >= 0.6 is 0 Å². The highest BCUT2D eigenvalue weighted by molar-refractivity contribution is 5.74. The van der Waals surface area contributed by atoms with Gasteiger partial charge in [0.05, 0.1) is 6.61 Å². The molecule has 0 aromatic carbocycles. The lowest BCUT2D eigenvalue weighted by molar-refractivity contribution is -0.301. The molecule has 1 rings (SSSR count). The van der Waals surface area contributed by atoms with E-state index in [1.807, 2.05) is 12.2 Å². The van der Waals surface area contributed by atoms with Crippen LogP contribution in [0.25, 0.3) is 0 Å². The molecule has 0 aromatic rings. The minimum Gasteiger partial charge on any atom is -0.479 e. The molecule has 1 aliphatic heterocycles. The van der Waals surface area contributed by atoms with Crippen molar-refractivity contribution in [3.05, 3.63) is 134 Å². The zero-order chi connectivity index (χ0) is 60.3. The van der Waals surface area contributed by atoms with E-state index < -0.39 is 67.3 Å². The van der Waals surface area contributed by atoms with Crippen molar-refractivity contribution < 1.29 is 58.2 Å². The summed E-state index contributed by atoms with van der Waals surface area (Å²) < 4.78 is 28.4. The molecule has 0 radical (unpaired) electrons. The van der Waals surface area contributed by atoms with Gasteiger partial charge in [-0.1, -0.05) is 225 Å². The number of carboxylic acid groups (broad SMARTS) is 1. The van der Waals surface area contributed by atoms with Crippen molar-refractivity contribution in [1.82, 2.24) is 0 Å². The molecule has 0 bridgehead atoms. The Balaban J connectivity index is 2.74. The number of unbranched alkanes of at least 4 members (excludes halogenated alkanes) is 17. The molecule has 0 spiro atoms. The summed E-state index contributed by atoms with van der Waals surface area (Å²) in [4.78, 5) is 51.3. The number of carbonyl (C=O) groups is 4. The number of hydrogen-bond donors (Lipinski definition) is 3. The molecule has 6 atom stereocenters. The van der Waals surface area contributed by atoms with Crippen LogP contribution in [0.2, 0.25) is 0 Å². The molecule has 12 nitrogen and oxygen atoms in total. The molecule has 3 N–H and O–H groups in total. The van der Waals surface area contributed by atoms with Crippen LogP contribution in [0.5, 0.6) is 0 Å². The fraction of sp³-hybridized carbons (Fsp3) is 0.634. The zero-order valence-corrected chi connectivity index (χ0v) is 51.6. The Morgan fingerprint density at radius 3 is 1.22 bits per heavy atom. The highest BCUT2D eigenvalue weighted by atomic mass is 16.7. The first-order valence-electron chi connectivity index (χ1n) is 32.2. The van der Waals surface area contributed by atoms with Crippen LogP contribution < -0.4 is 0 Å². The SMILES string of the molecule is CC/C=C\C/C=C\C/C=C\C/C=C\C/C=C\CCCCCC(=O)OCC(COC1OC(C(=O)O)C(O)C(O)C1OC(=O)CCCCCCCCC/C=C\CCCCCCCC)OC(=O)CCC/C=C\C/C=C\C/C=C\C/C=C\C/C=C\CC. The number of aliphatic hydroxyl groups is 2. The summed E-state index contributed by atoms with van der Waals surface area (Å²) in [6.07, 6.45) is 68.4. The van der Waals surface area contributed by atoms with Crippen LogP contribution in [0, 0.1) is 0 Å². The van der Waals surface area contributed by atoms with Crippen LogP contribution in [-0.2, 0) is 42.9 Å². The first kappa shape index (κ1) is 75.9. The van der Waals surface area contributed by atoms with Gasteiger partial charge in [0.15, 0.2) is 24.6 Å². The highest BCUT2D eigenvalue weighted by Crippen LogP contribution is 2.26. The molecule has 1 fully saturated rings. The molecule has 0 saturated carbocycles. The molecule has 83 heavy (non-hydrogen) atoms. The molecule has 1 aliphatic rings. The van der Waals surface area contributed by atoms with Crippen molar-refractivity contribution in [3.8, 4) is 0 Å². The summed E-state index contributed by atoms with van der Waals surface area (Å²) >= 11 is 0. The van der Waals surface area contributed by atoms with Gasteiger partial charge in [-0.2, -0.15) is 0 Å². The Kier molecular flexibility index (Phi) is 52.4. The maximum atomic E-state index is 13.2. The Hall–Kier alpha value is -5.14. The monoisotopic (exact) mass is 1160 g/mol. The zero-order valence-electron chi connectivity index (χ0n) is 51.6. The van der Waals surface area contributed by atoms with Crippen molar-refractivity contribution in [2.24, 2.45) is 0 Å². The molecular weight excluding hydrogens is 1040 g/mol. The maximum absolute atomic E-state index is 13.2. The van der Waals surface area contributed by atoms with Gasteiger partial charge in [0.1, 0.15) is 18.8 Å². The minimum absolute atomic E-state index is 0.0387. The molecule has 0 aromatic heterocycles. The number of hydrogen-bond acceptors (Lipinski definition) is 11. The van der Waals surface area contributed by atoms with Crippen molar-refractivity contribution >= 4 is 23.9 Å².